The summed E-state index contributed by atoms with van der Waals surface area (Å²) in [6.45, 7) is 2.58. The van der Waals surface area contributed by atoms with Gasteiger partial charge in [-0.3, -0.25) is 4.90 Å². The van der Waals surface area contributed by atoms with E-state index in [1.807, 2.05) is 4.90 Å². The Hall–Kier alpha value is -1.06. The fourth-order valence-electron chi connectivity index (χ4n) is 2.79. The van der Waals surface area contributed by atoms with Gasteiger partial charge < -0.3 is 10.2 Å². The first-order chi connectivity index (χ1) is 10.6. The highest BCUT2D eigenvalue weighted by Gasteiger charge is 2.37. The van der Waals surface area contributed by atoms with Crippen molar-refractivity contribution >= 4 is 10.1 Å². The van der Waals surface area contributed by atoms with Crippen LogP contribution in [0.2, 0.25) is 0 Å². The Bertz CT molecular complexity index is 626. The van der Waals surface area contributed by atoms with Crippen molar-refractivity contribution in [1.29, 1.82) is 0 Å². The maximum atomic E-state index is 13.0. The first-order valence-electron chi connectivity index (χ1n) is 7.39. The number of likely N-dealkylation sites (tertiary alicyclic amines) is 1. The lowest BCUT2D eigenvalue weighted by molar-refractivity contribution is -0.0983. The van der Waals surface area contributed by atoms with Crippen LogP contribution in [0.3, 0.4) is 0 Å². The maximum absolute atomic E-state index is 13.0. The Morgan fingerprint density at radius 2 is 1.78 bits per heavy atom. The summed E-state index contributed by atoms with van der Waals surface area (Å²) in [6, 6.07) is 5.23. The molecule has 1 aliphatic rings. The van der Waals surface area contributed by atoms with E-state index in [-0.39, 0.29) is 5.82 Å². The van der Waals surface area contributed by atoms with Gasteiger partial charge in [-0.15, -0.1) is 0 Å². The molecular weight excluding hydrogens is 325 g/mol. The maximum Gasteiger partial charge on any atom is 0.266 e. The number of benzene rings is 1. The van der Waals surface area contributed by atoms with Gasteiger partial charge in [-0.2, -0.15) is 8.42 Å². The van der Waals surface area contributed by atoms with Crippen molar-refractivity contribution in [2.24, 2.45) is 0 Å². The molecule has 8 heteroatoms. The molecule has 2 N–H and O–H groups in total. The van der Waals surface area contributed by atoms with Gasteiger partial charge in [-0.1, -0.05) is 12.1 Å². The topological polar surface area (TPSA) is 87.1 Å². The average Bonchev–Trinajstić information content (AvgIpc) is 2.46. The normalized spacial score (nSPS) is 21.8. The van der Waals surface area contributed by atoms with Crippen molar-refractivity contribution in [3.05, 3.63) is 35.6 Å². The van der Waals surface area contributed by atoms with E-state index < -0.39 is 28.1 Å². The van der Waals surface area contributed by atoms with E-state index in [2.05, 4.69) is 4.18 Å². The molecule has 0 bridgehead atoms. The molecule has 2 rings (SSSR count). The number of nitrogens with zero attached hydrogens (tertiary/aromatic N) is 1. The smallest absolute Gasteiger partial charge is 0.266 e. The second-order valence-electron chi connectivity index (χ2n) is 6.01. The molecular formula is C15H22FNO5S. The van der Waals surface area contributed by atoms with Crippen molar-refractivity contribution in [1.82, 2.24) is 4.90 Å². The molecule has 130 valence electrons. The van der Waals surface area contributed by atoms with Gasteiger partial charge in [0, 0.05) is 13.1 Å². The van der Waals surface area contributed by atoms with Gasteiger partial charge in [-0.25, -0.2) is 8.57 Å². The van der Waals surface area contributed by atoms with Gasteiger partial charge in [0.15, 0.2) is 6.29 Å². The Kier molecular flexibility index (Phi) is 5.42. The Labute approximate surface area is 135 Å². The van der Waals surface area contributed by atoms with Crippen LogP contribution < -0.4 is 0 Å². The lowest BCUT2D eigenvalue weighted by Gasteiger charge is -2.41. The molecule has 1 aliphatic heterocycles. The average molecular weight is 347 g/mol. The summed E-state index contributed by atoms with van der Waals surface area (Å²) in [5.41, 5.74) is -0.397. The largest absolute Gasteiger partial charge is 0.385 e. The lowest BCUT2D eigenvalue weighted by atomic mass is 9.84. The van der Waals surface area contributed by atoms with Crippen LogP contribution in [-0.4, -0.2) is 55.2 Å². The molecule has 1 aromatic rings. The first kappa shape index (κ1) is 18.3. The minimum atomic E-state index is -3.74. The summed E-state index contributed by atoms with van der Waals surface area (Å²) in [5.74, 6) is -0.357. The minimum Gasteiger partial charge on any atom is -0.385 e. The fraction of sp³-hybridized carbons (Fsp3) is 0.600. The number of aliphatic hydroxyl groups is 2. The second-order valence-corrected chi connectivity index (χ2v) is 7.61. The summed E-state index contributed by atoms with van der Waals surface area (Å²) in [4.78, 5) is 1.86. The predicted octanol–water partition coefficient (Wildman–Crippen LogP) is 0.792. The highest BCUT2D eigenvalue weighted by atomic mass is 32.2. The third-order valence-electron chi connectivity index (χ3n) is 4.27. The number of halogens is 1. The zero-order chi connectivity index (χ0) is 17.3. The van der Waals surface area contributed by atoms with Crippen LogP contribution in [0.4, 0.5) is 4.39 Å². The standard InChI is InChI=1S/C15H22FNO5S/c1-11(14(18)22-23(2,20)21)17-9-7-15(19,8-10-17)12-3-5-13(16)6-4-12/h3-6,11,14,18-19H,7-10H2,1-2H3. The number of rotatable bonds is 5. The van der Waals surface area contributed by atoms with Crippen molar-refractivity contribution < 1.29 is 27.2 Å². The minimum absolute atomic E-state index is 0.357. The zero-order valence-electron chi connectivity index (χ0n) is 13.1. The molecule has 6 nitrogen and oxygen atoms in total. The molecule has 1 saturated heterocycles. The van der Waals surface area contributed by atoms with E-state index in [1.54, 1.807) is 19.1 Å². The number of aliphatic hydroxyl groups excluding tert-OH is 1. The van der Waals surface area contributed by atoms with E-state index in [1.165, 1.54) is 12.1 Å². The van der Waals surface area contributed by atoms with E-state index in [0.717, 1.165) is 6.26 Å². The summed E-state index contributed by atoms with van der Waals surface area (Å²) in [5, 5.41) is 20.6. The van der Waals surface area contributed by atoms with Crippen LogP contribution in [0.1, 0.15) is 25.3 Å². The SMILES string of the molecule is CC(C(O)OS(C)(=O)=O)N1CCC(O)(c2ccc(F)cc2)CC1. The van der Waals surface area contributed by atoms with Crippen LogP contribution in [0.15, 0.2) is 24.3 Å². The molecule has 1 heterocycles. The van der Waals surface area contributed by atoms with Gasteiger partial charge in [0.2, 0.25) is 0 Å². The monoisotopic (exact) mass is 347 g/mol. The van der Waals surface area contributed by atoms with Crippen molar-refractivity contribution in [3.63, 3.8) is 0 Å². The van der Waals surface area contributed by atoms with E-state index >= 15 is 0 Å². The van der Waals surface area contributed by atoms with E-state index in [4.69, 9.17) is 0 Å². The van der Waals surface area contributed by atoms with Crippen molar-refractivity contribution in [2.75, 3.05) is 19.3 Å². The third-order valence-corrected chi connectivity index (χ3v) is 4.82. The fourth-order valence-corrected chi connectivity index (χ4v) is 3.31. The Morgan fingerprint density at radius 1 is 1.26 bits per heavy atom. The van der Waals surface area contributed by atoms with E-state index in [9.17, 15) is 23.0 Å². The van der Waals surface area contributed by atoms with Gasteiger partial charge >= 0.3 is 0 Å². The van der Waals surface area contributed by atoms with Crippen LogP contribution in [0, 0.1) is 5.82 Å². The molecule has 0 radical (unpaired) electrons. The highest BCUT2D eigenvalue weighted by Crippen LogP contribution is 2.33. The van der Waals surface area contributed by atoms with Crippen LogP contribution in [0.5, 0.6) is 0 Å². The molecule has 0 saturated carbocycles. The summed E-state index contributed by atoms with van der Waals surface area (Å²) < 4.78 is 39.7. The molecule has 0 aliphatic carbocycles. The molecule has 0 aromatic heterocycles. The number of piperidine rings is 1. The summed E-state index contributed by atoms with van der Waals surface area (Å²) >= 11 is 0. The quantitative estimate of drug-likeness (QED) is 0.605. The molecule has 1 aromatic carbocycles. The molecule has 23 heavy (non-hydrogen) atoms. The van der Waals surface area contributed by atoms with Gasteiger partial charge in [0.1, 0.15) is 5.82 Å². The van der Waals surface area contributed by atoms with Crippen molar-refractivity contribution in [3.8, 4) is 0 Å². The second kappa shape index (κ2) is 6.82. The third kappa shape index (κ3) is 4.71. The molecule has 2 unspecified atom stereocenters. The highest BCUT2D eigenvalue weighted by molar-refractivity contribution is 7.86. The number of hydrogen-bond donors (Lipinski definition) is 2. The van der Waals surface area contributed by atoms with Gasteiger partial charge in [0.05, 0.1) is 17.9 Å². The van der Waals surface area contributed by atoms with Crippen LogP contribution in [-0.2, 0) is 19.9 Å². The Morgan fingerprint density at radius 3 is 2.26 bits per heavy atom. The van der Waals surface area contributed by atoms with Gasteiger partial charge in [-0.05, 0) is 37.5 Å². The summed E-state index contributed by atoms with van der Waals surface area (Å²) in [6.07, 6.45) is 0.220. The lowest BCUT2D eigenvalue weighted by Crippen LogP contribution is -2.50. The van der Waals surface area contributed by atoms with Crippen LogP contribution >= 0.6 is 0 Å². The summed E-state index contributed by atoms with van der Waals surface area (Å²) in [7, 11) is -3.74. The Balaban J connectivity index is 1.98. The molecule has 0 amide bonds. The molecule has 2 atom stereocenters. The van der Waals surface area contributed by atoms with Crippen LogP contribution in [0.25, 0.3) is 0 Å². The molecule has 1 fully saturated rings. The predicted molar refractivity (Wildman–Crippen MR) is 82.5 cm³/mol. The molecule has 0 spiro atoms. The van der Waals surface area contributed by atoms with E-state index in [0.29, 0.717) is 31.5 Å². The number of hydrogen-bond acceptors (Lipinski definition) is 6. The van der Waals surface area contributed by atoms with Gasteiger partial charge in [0.25, 0.3) is 10.1 Å². The van der Waals surface area contributed by atoms with Crippen molar-refractivity contribution in [2.45, 2.75) is 37.7 Å². The first-order valence-corrected chi connectivity index (χ1v) is 9.21. The zero-order valence-corrected chi connectivity index (χ0v) is 14.0.